The SMILES string of the molecule is CCN(CC)CCN1C(=O)c2oc3ccc(Br)cc3c(=O)c2[C@H]1c1cc(OC)c(OC)c(OC)c1. The normalized spacial score (nSPS) is 15.1. The van der Waals surface area contributed by atoms with Gasteiger partial charge in [-0.25, -0.2) is 0 Å². The lowest BCUT2D eigenvalue weighted by molar-refractivity contribution is 0.0707. The van der Waals surface area contributed by atoms with Crippen molar-refractivity contribution in [3.63, 3.8) is 0 Å². The van der Waals surface area contributed by atoms with Crippen molar-refractivity contribution in [1.82, 2.24) is 9.80 Å². The summed E-state index contributed by atoms with van der Waals surface area (Å²) in [7, 11) is 4.60. The lowest BCUT2D eigenvalue weighted by atomic mass is 9.97. The van der Waals surface area contributed by atoms with E-state index in [1.54, 1.807) is 35.2 Å². The Morgan fingerprint density at radius 1 is 1.00 bits per heavy atom. The summed E-state index contributed by atoms with van der Waals surface area (Å²) in [5, 5.41) is 0.411. The van der Waals surface area contributed by atoms with Gasteiger partial charge < -0.3 is 28.4 Å². The molecular formula is C26H29BrN2O6. The van der Waals surface area contributed by atoms with Crippen molar-refractivity contribution >= 4 is 32.8 Å². The van der Waals surface area contributed by atoms with Gasteiger partial charge in [-0.05, 0) is 49.0 Å². The molecule has 0 fully saturated rings. The Hall–Kier alpha value is -3.04. The lowest BCUT2D eigenvalue weighted by Gasteiger charge is -2.28. The van der Waals surface area contributed by atoms with E-state index in [1.165, 1.54) is 21.3 Å². The van der Waals surface area contributed by atoms with E-state index in [-0.39, 0.29) is 17.1 Å². The zero-order chi connectivity index (χ0) is 25.3. The maximum Gasteiger partial charge on any atom is 0.290 e. The molecule has 2 heterocycles. The molecule has 1 aromatic heterocycles. The van der Waals surface area contributed by atoms with Gasteiger partial charge >= 0.3 is 0 Å². The number of nitrogens with zero attached hydrogens (tertiary/aromatic N) is 2. The van der Waals surface area contributed by atoms with Crippen molar-refractivity contribution in [2.24, 2.45) is 0 Å². The predicted molar refractivity (Wildman–Crippen MR) is 137 cm³/mol. The summed E-state index contributed by atoms with van der Waals surface area (Å²) >= 11 is 3.43. The number of carbonyl (C=O) groups is 1. The van der Waals surface area contributed by atoms with Gasteiger partial charge in [0.05, 0.1) is 38.3 Å². The summed E-state index contributed by atoms with van der Waals surface area (Å²) in [6.07, 6.45) is 0. The Bertz CT molecular complexity index is 1290. The van der Waals surface area contributed by atoms with Crippen molar-refractivity contribution in [3.05, 3.63) is 61.9 Å². The predicted octanol–water partition coefficient (Wildman–Crippen LogP) is 4.47. The number of carbonyl (C=O) groups excluding carboxylic acids is 1. The van der Waals surface area contributed by atoms with Gasteiger partial charge in [0, 0.05) is 17.6 Å². The second-order valence-corrected chi connectivity index (χ2v) is 9.12. The summed E-state index contributed by atoms with van der Waals surface area (Å²) in [6.45, 7) is 6.95. The largest absolute Gasteiger partial charge is 0.493 e. The molecule has 0 unspecified atom stereocenters. The van der Waals surface area contributed by atoms with Gasteiger partial charge in [0.15, 0.2) is 16.9 Å². The van der Waals surface area contributed by atoms with Gasteiger partial charge in [0.25, 0.3) is 5.91 Å². The first-order valence-electron chi connectivity index (χ1n) is 11.5. The molecule has 1 aliphatic heterocycles. The summed E-state index contributed by atoms with van der Waals surface area (Å²) in [6, 6.07) is 8.10. The van der Waals surface area contributed by atoms with Gasteiger partial charge in [0.1, 0.15) is 5.58 Å². The number of likely N-dealkylation sites (N-methyl/N-ethyl adjacent to an activating group) is 1. The maximum atomic E-state index is 13.8. The standard InChI is InChI=1S/C26H29BrN2O6/c1-6-28(7-2)10-11-29-22(15-12-19(32-3)24(34-5)20(13-15)33-4)21-23(30)17-14-16(27)8-9-18(17)35-25(21)26(29)31/h8-9,12-14,22H,6-7,10-11H2,1-5H3/t22-/m1/s1. The first kappa shape index (κ1) is 25.1. The smallest absolute Gasteiger partial charge is 0.290 e. The Morgan fingerprint density at radius 3 is 2.23 bits per heavy atom. The lowest BCUT2D eigenvalue weighted by Crippen LogP contribution is -2.37. The Morgan fingerprint density at radius 2 is 1.66 bits per heavy atom. The van der Waals surface area contributed by atoms with Crippen LogP contribution in [0, 0.1) is 0 Å². The summed E-state index contributed by atoms with van der Waals surface area (Å²) in [4.78, 5) is 31.3. The van der Waals surface area contributed by atoms with Crippen molar-refractivity contribution in [3.8, 4) is 17.2 Å². The molecule has 35 heavy (non-hydrogen) atoms. The first-order valence-corrected chi connectivity index (χ1v) is 12.3. The van der Waals surface area contributed by atoms with Crippen LogP contribution in [0.15, 0.2) is 44.0 Å². The van der Waals surface area contributed by atoms with Crippen LogP contribution in [0.1, 0.15) is 41.6 Å². The molecule has 1 aliphatic rings. The van der Waals surface area contributed by atoms with E-state index in [1.807, 2.05) is 0 Å². The molecule has 1 atom stereocenters. The maximum absolute atomic E-state index is 13.8. The molecule has 0 aliphatic carbocycles. The molecule has 1 amide bonds. The molecule has 0 saturated carbocycles. The molecule has 0 spiro atoms. The first-order chi connectivity index (χ1) is 16.9. The van der Waals surface area contributed by atoms with Gasteiger partial charge in [-0.2, -0.15) is 0 Å². The van der Waals surface area contributed by atoms with Crippen LogP contribution in [0.2, 0.25) is 0 Å². The molecule has 186 valence electrons. The van der Waals surface area contributed by atoms with E-state index in [0.29, 0.717) is 52.4 Å². The highest BCUT2D eigenvalue weighted by Gasteiger charge is 2.43. The fourth-order valence-corrected chi connectivity index (χ4v) is 4.98. The van der Waals surface area contributed by atoms with Crippen LogP contribution < -0.4 is 19.6 Å². The number of ether oxygens (including phenoxy) is 3. The third-order valence-electron chi connectivity index (χ3n) is 6.48. The molecule has 2 aromatic carbocycles. The Labute approximate surface area is 212 Å². The third-order valence-corrected chi connectivity index (χ3v) is 6.98. The van der Waals surface area contributed by atoms with Gasteiger partial charge in [0.2, 0.25) is 11.5 Å². The number of benzene rings is 2. The van der Waals surface area contributed by atoms with Crippen molar-refractivity contribution in [2.45, 2.75) is 19.9 Å². The Balaban J connectivity index is 1.95. The van der Waals surface area contributed by atoms with E-state index in [2.05, 4.69) is 34.7 Å². The van der Waals surface area contributed by atoms with Crippen LogP contribution >= 0.6 is 15.9 Å². The second-order valence-electron chi connectivity index (χ2n) is 8.20. The quantitative estimate of drug-likeness (QED) is 0.393. The van der Waals surface area contributed by atoms with E-state index in [4.69, 9.17) is 18.6 Å². The molecule has 0 radical (unpaired) electrons. The fourth-order valence-electron chi connectivity index (χ4n) is 4.62. The molecule has 4 rings (SSSR count). The number of amides is 1. The molecule has 9 heteroatoms. The summed E-state index contributed by atoms with van der Waals surface area (Å²) in [5.41, 5.74) is 1.13. The van der Waals surface area contributed by atoms with E-state index >= 15 is 0 Å². The average molecular weight is 545 g/mol. The summed E-state index contributed by atoms with van der Waals surface area (Å²) < 4.78 is 23.4. The molecule has 3 aromatic rings. The van der Waals surface area contributed by atoms with Crippen LogP contribution in [0.5, 0.6) is 17.2 Å². The zero-order valence-corrected chi connectivity index (χ0v) is 22.1. The minimum absolute atomic E-state index is 0.0723. The van der Waals surface area contributed by atoms with Crippen LogP contribution in [0.4, 0.5) is 0 Å². The number of halogens is 1. The third kappa shape index (κ3) is 4.38. The highest BCUT2D eigenvalue weighted by molar-refractivity contribution is 9.10. The van der Waals surface area contributed by atoms with Crippen LogP contribution in [-0.2, 0) is 0 Å². The van der Waals surface area contributed by atoms with Gasteiger partial charge in [-0.1, -0.05) is 29.8 Å². The monoisotopic (exact) mass is 544 g/mol. The van der Waals surface area contributed by atoms with Crippen LogP contribution in [0.25, 0.3) is 11.0 Å². The fraction of sp³-hybridized carbons (Fsp3) is 0.385. The molecule has 0 saturated heterocycles. The molecular weight excluding hydrogens is 516 g/mol. The van der Waals surface area contributed by atoms with E-state index in [9.17, 15) is 9.59 Å². The Kier molecular flexibility index (Phi) is 7.37. The van der Waals surface area contributed by atoms with Crippen molar-refractivity contribution in [1.29, 1.82) is 0 Å². The van der Waals surface area contributed by atoms with E-state index < -0.39 is 6.04 Å². The summed E-state index contributed by atoms with van der Waals surface area (Å²) in [5.74, 6) is 1.09. The number of rotatable bonds is 9. The minimum atomic E-state index is -0.665. The number of fused-ring (bicyclic) bond motifs is 2. The molecule has 0 N–H and O–H groups in total. The van der Waals surface area contributed by atoms with Gasteiger partial charge in [-0.15, -0.1) is 0 Å². The second kappa shape index (κ2) is 10.3. The van der Waals surface area contributed by atoms with Crippen LogP contribution in [-0.4, -0.2) is 63.2 Å². The van der Waals surface area contributed by atoms with Gasteiger partial charge in [-0.3, -0.25) is 9.59 Å². The average Bonchev–Trinajstić information content (AvgIpc) is 3.15. The van der Waals surface area contributed by atoms with Crippen molar-refractivity contribution < 1.29 is 23.4 Å². The van der Waals surface area contributed by atoms with E-state index in [0.717, 1.165) is 17.6 Å². The van der Waals surface area contributed by atoms with Crippen LogP contribution in [0.3, 0.4) is 0 Å². The highest BCUT2D eigenvalue weighted by atomic mass is 79.9. The number of methoxy groups -OCH3 is 3. The number of hydrogen-bond acceptors (Lipinski definition) is 7. The number of hydrogen-bond donors (Lipinski definition) is 0. The zero-order valence-electron chi connectivity index (χ0n) is 20.5. The topological polar surface area (TPSA) is 81.5 Å². The molecule has 0 bridgehead atoms. The minimum Gasteiger partial charge on any atom is -0.493 e. The molecule has 8 nitrogen and oxygen atoms in total. The highest BCUT2D eigenvalue weighted by Crippen LogP contribution is 2.45. The van der Waals surface area contributed by atoms with Crippen molar-refractivity contribution in [2.75, 3.05) is 47.5 Å².